The van der Waals surface area contributed by atoms with Crippen molar-refractivity contribution in [3.63, 3.8) is 0 Å². The first-order valence-electron chi connectivity index (χ1n) is 7.00. The molecule has 0 saturated carbocycles. The van der Waals surface area contributed by atoms with Crippen molar-refractivity contribution in [2.75, 3.05) is 11.1 Å². The summed E-state index contributed by atoms with van der Waals surface area (Å²) in [5.41, 5.74) is 6.03. The first kappa shape index (κ1) is 17.7. The molecule has 2 aromatic rings. The molecular formula is C17H15FN2O3S. The van der Waals surface area contributed by atoms with Gasteiger partial charge in [-0.2, -0.15) is 0 Å². The summed E-state index contributed by atoms with van der Waals surface area (Å²) >= 11 is 0.995. The number of para-hydroxylation sites is 1. The minimum absolute atomic E-state index is 0.0521. The molecule has 0 radical (unpaired) electrons. The van der Waals surface area contributed by atoms with Gasteiger partial charge in [-0.25, -0.2) is 4.39 Å². The van der Waals surface area contributed by atoms with Crippen LogP contribution >= 0.6 is 11.8 Å². The van der Waals surface area contributed by atoms with E-state index < -0.39 is 17.6 Å². The average Bonchev–Trinajstić information content (AvgIpc) is 2.53. The molecule has 0 aliphatic heterocycles. The van der Waals surface area contributed by atoms with Crippen molar-refractivity contribution in [1.82, 2.24) is 0 Å². The van der Waals surface area contributed by atoms with E-state index in [1.807, 2.05) is 0 Å². The Morgan fingerprint density at radius 2 is 1.88 bits per heavy atom. The Labute approximate surface area is 142 Å². The van der Waals surface area contributed by atoms with Gasteiger partial charge in [-0.1, -0.05) is 18.2 Å². The van der Waals surface area contributed by atoms with Crippen LogP contribution in [0.4, 0.5) is 10.1 Å². The van der Waals surface area contributed by atoms with Crippen LogP contribution in [-0.4, -0.2) is 23.4 Å². The maximum atomic E-state index is 13.9. The third-order valence-corrected chi connectivity index (χ3v) is 4.21. The Hall–Kier alpha value is -2.67. The van der Waals surface area contributed by atoms with Gasteiger partial charge in [0.1, 0.15) is 5.82 Å². The number of nitrogens with one attached hydrogen (secondary N) is 1. The van der Waals surface area contributed by atoms with Gasteiger partial charge in [0.15, 0.2) is 5.78 Å². The van der Waals surface area contributed by atoms with Gasteiger partial charge in [-0.15, -0.1) is 11.8 Å². The summed E-state index contributed by atoms with van der Waals surface area (Å²) in [5, 5.41) is 2.57. The third-order valence-electron chi connectivity index (χ3n) is 3.16. The molecule has 0 aliphatic rings. The number of hydrogen-bond acceptors (Lipinski definition) is 4. The van der Waals surface area contributed by atoms with Gasteiger partial charge in [-0.3, -0.25) is 14.4 Å². The van der Waals surface area contributed by atoms with Crippen molar-refractivity contribution in [2.45, 2.75) is 11.8 Å². The molecule has 2 amide bonds. The summed E-state index contributed by atoms with van der Waals surface area (Å²) in [6.07, 6.45) is 0. The van der Waals surface area contributed by atoms with Gasteiger partial charge in [0.05, 0.1) is 17.0 Å². The van der Waals surface area contributed by atoms with Crippen LogP contribution in [-0.2, 0) is 4.79 Å². The maximum absolute atomic E-state index is 13.9. The van der Waals surface area contributed by atoms with Crippen LogP contribution in [0, 0.1) is 5.82 Å². The lowest BCUT2D eigenvalue weighted by molar-refractivity contribution is -0.113. The Kier molecular flexibility index (Phi) is 5.70. The predicted octanol–water partition coefficient (Wildman–Crippen LogP) is 2.86. The molecule has 0 bridgehead atoms. The molecule has 0 heterocycles. The molecule has 0 aromatic heterocycles. The molecule has 0 unspecified atom stereocenters. The number of carbonyl (C=O) groups is 3. The van der Waals surface area contributed by atoms with E-state index in [1.165, 1.54) is 25.1 Å². The van der Waals surface area contributed by atoms with Crippen LogP contribution in [0.15, 0.2) is 47.4 Å². The molecule has 5 nitrogen and oxygen atoms in total. The first-order valence-corrected chi connectivity index (χ1v) is 7.99. The Morgan fingerprint density at radius 1 is 1.17 bits per heavy atom. The molecule has 2 aromatic carbocycles. The van der Waals surface area contributed by atoms with Gasteiger partial charge in [0.25, 0.3) is 5.91 Å². The summed E-state index contributed by atoms with van der Waals surface area (Å²) in [5.74, 6) is -1.89. The van der Waals surface area contributed by atoms with Gasteiger partial charge in [-0.05, 0) is 31.2 Å². The second kappa shape index (κ2) is 7.74. The zero-order valence-corrected chi connectivity index (χ0v) is 13.7. The van der Waals surface area contributed by atoms with E-state index in [9.17, 15) is 18.8 Å². The van der Waals surface area contributed by atoms with E-state index in [1.54, 1.807) is 18.2 Å². The fourth-order valence-electron chi connectivity index (χ4n) is 1.97. The number of ketones is 1. The van der Waals surface area contributed by atoms with E-state index in [2.05, 4.69) is 5.32 Å². The van der Waals surface area contributed by atoms with Crippen LogP contribution in [0.1, 0.15) is 27.6 Å². The molecule has 0 aliphatic carbocycles. The molecule has 3 N–H and O–H groups in total. The molecule has 0 fully saturated rings. The number of anilines is 1. The van der Waals surface area contributed by atoms with Crippen LogP contribution in [0.5, 0.6) is 0 Å². The Morgan fingerprint density at radius 3 is 2.50 bits per heavy atom. The Balaban J connectivity index is 2.02. The van der Waals surface area contributed by atoms with E-state index in [-0.39, 0.29) is 27.6 Å². The number of halogens is 1. The number of carbonyl (C=O) groups excluding carboxylic acids is 3. The lowest BCUT2D eigenvalue weighted by atomic mass is 10.1. The van der Waals surface area contributed by atoms with Crippen LogP contribution in [0.25, 0.3) is 0 Å². The highest BCUT2D eigenvalue weighted by Crippen LogP contribution is 2.23. The molecule has 7 heteroatoms. The van der Waals surface area contributed by atoms with Crippen molar-refractivity contribution < 1.29 is 18.8 Å². The van der Waals surface area contributed by atoms with Gasteiger partial charge < -0.3 is 11.1 Å². The standard InChI is InChI=1S/C17H15FN2O3S/c1-10(21)11-6-7-15(13(18)8-11)24-9-16(22)20-14-5-3-2-4-12(14)17(19)23/h2-8H,9H2,1H3,(H2,19,23)(H,20,22). The fraction of sp³-hybridized carbons (Fsp3) is 0.118. The van der Waals surface area contributed by atoms with Gasteiger partial charge in [0.2, 0.25) is 5.91 Å². The number of rotatable bonds is 6. The molecular weight excluding hydrogens is 331 g/mol. The maximum Gasteiger partial charge on any atom is 0.250 e. The van der Waals surface area contributed by atoms with Crippen LogP contribution in [0.2, 0.25) is 0 Å². The van der Waals surface area contributed by atoms with Gasteiger partial charge >= 0.3 is 0 Å². The number of benzene rings is 2. The summed E-state index contributed by atoms with van der Waals surface area (Å²) in [6.45, 7) is 1.35. The lowest BCUT2D eigenvalue weighted by Crippen LogP contribution is -2.19. The number of amides is 2. The zero-order chi connectivity index (χ0) is 17.7. The average molecular weight is 346 g/mol. The first-order chi connectivity index (χ1) is 11.4. The SMILES string of the molecule is CC(=O)c1ccc(SCC(=O)Nc2ccccc2C(N)=O)c(F)c1. The normalized spacial score (nSPS) is 10.2. The summed E-state index contributed by atoms with van der Waals surface area (Å²) in [4.78, 5) is 34.7. The minimum Gasteiger partial charge on any atom is -0.366 e. The fourth-order valence-corrected chi connectivity index (χ4v) is 2.69. The number of Topliss-reactive ketones (excluding diaryl/α,β-unsaturated/α-hetero) is 1. The Bertz CT molecular complexity index is 808. The van der Waals surface area contributed by atoms with Gasteiger partial charge in [0, 0.05) is 10.5 Å². The number of hydrogen-bond donors (Lipinski definition) is 2. The summed E-state index contributed by atoms with van der Waals surface area (Å²) in [7, 11) is 0. The van der Waals surface area contributed by atoms with Crippen LogP contribution in [0.3, 0.4) is 0 Å². The number of thioether (sulfide) groups is 1. The molecule has 0 spiro atoms. The van der Waals surface area contributed by atoms with Crippen LogP contribution < -0.4 is 11.1 Å². The van der Waals surface area contributed by atoms with Crippen molar-refractivity contribution in [3.8, 4) is 0 Å². The molecule has 124 valence electrons. The smallest absolute Gasteiger partial charge is 0.250 e. The number of primary amides is 1. The van der Waals surface area contributed by atoms with E-state index in [4.69, 9.17) is 5.73 Å². The highest BCUT2D eigenvalue weighted by Gasteiger charge is 2.12. The summed E-state index contributed by atoms with van der Waals surface area (Å²) < 4.78 is 13.9. The largest absolute Gasteiger partial charge is 0.366 e. The van der Waals surface area contributed by atoms with Crippen molar-refractivity contribution in [3.05, 3.63) is 59.4 Å². The molecule has 24 heavy (non-hydrogen) atoms. The third kappa shape index (κ3) is 4.42. The van der Waals surface area contributed by atoms with E-state index >= 15 is 0 Å². The highest BCUT2D eigenvalue weighted by atomic mass is 32.2. The quantitative estimate of drug-likeness (QED) is 0.622. The molecule has 0 saturated heterocycles. The summed E-state index contributed by atoms with van der Waals surface area (Å²) in [6, 6.07) is 10.5. The second-order valence-corrected chi connectivity index (χ2v) is 5.97. The van der Waals surface area contributed by atoms with E-state index in [0.29, 0.717) is 5.69 Å². The second-order valence-electron chi connectivity index (χ2n) is 4.95. The lowest BCUT2D eigenvalue weighted by Gasteiger charge is -2.09. The molecule has 0 atom stereocenters. The monoisotopic (exact) mass is 346 g/mol. The van der Waals surface area contributed by atoms with E-state index in [0.717, 1.165) is 17.8 Å². The van der Waals surface area contributed by atoms with Crippen molar-refractivity contribution >= 4 is 35.0 Å². The van der Waals surface area contributed by atoms with Crippen molar-refractivity contribution in [1.29, 1.82) is 0 Å². The minimum atomic E-state index is -0.649. The predicted molar refractivity (Wildman–Crippen MR) is 90.7 cm³/mol. The zero-order valence-electron chi connectivity index (χ0n) is 12.8. The molecule has 2 rings (SSSR count). The topological polar surface area (TPSA) is 89.3 Å². The number of nitrogens with two attached hydrogens (primary N) is 1. The highest BCUT2D eigenvalue weighted by molar-refractivity contribution is 8.00. The van der Waals surface area contributed by atoms with Crippen molar-refractivity contribution in [2.24, 2.45) is 5.73 Å².